The molecule has 0 aliphatic carbocycles. The second-order valence-electron chi connectivity index (χ2n) is 5.69. The van der Waals surface area contributed by atoms with Crippen molar-refractivity contribution in [2.75, 3.05) is 0 Å². The van der Waals surface area contributed by atoms with Gasteiger partial charge in [-0.1, -0.05) is 36.5 Å². The molecule has 9 heteroatoms. The maximum Gasteiger partial charge on any atom is 0.351 e. The molecule has 0 unspecified atom stereocenters. The zero-order valence-corrected chi connectivity index (χ0v) is 15.0. The number of rotatable bonds is 4. The van der Waals surface area contributed by atoms with E-state index in [-0.39, 0.29) is 23.4 Å². The minimum absolute atomic E-state index is 0.211. The van der Waals surface area contributed by atoms with Crippen LogP contribution in [0.2, 0.25) is 0 Å². The van der Waals surface area contributed by atoms with Crippen molar-refractivity contribution in [3.8, 4) is 0 Å². The number of ether oxygens (including phenoxy) is 1. The number of hydrogen-bond acceptors (Lipinski definition) is 8. The smallest absolute Gasteiger partial charge is 0.351 e. The highest BCUT2D eigenvalue weighted by molar-refractivity contribution is 7.16. The molecule has 4 rings (SSSR count). The summed E-state index contributed by atoms with van der Waals surface area (Å²) in [6.07, 6.45) is 0.690. The summed E-state index contributed by atoms with van der Waals surface area (Å²) in [6, 6.07) is 9.53. The highest BCUT2D eigenvalue weighted by Gasteiger charge is 2.16. The van der Waals surface area contributed by atoms with Gasteiger partial charge in [-0.2, -0.15) is 9.61 Å². The molecule has 0 spiro atoms. The number of para-hydroxylation sites is 1. The second-order valence-corrected chi connectivity index (χ2v) is 6.73. The van der Waals surface area contributed by atoms with Crippen LogP contribution >= 0.6 is 11.3 Å². The quantitative estimate of drug-likeness (QED) is 0.393. The molecular weight excluding hydrogens is 370 g/mol. The highest BCUT2D eigenvalue weighted by Crippen LogP contribution is 2.14. The van der Waals surface area contributed by atoms with E-state index >= 15 is 0 Å². The molecule has 0 bridgehead atoms. The van der Waals surface area contributed by atoms with Crippen LogP contribution in [0.4, 0.5) is 0 Å². The Hall–Kier alpha value is -3.33. The molecule has 0 fully saturated rings. The van der Waals surface area contributed by atoms with E-state index in [1.807, 2.05) is 6.92 Å². The third-order valence-electron chi connectivity index (χ3n) is 3.85. The number of carbonyl (C=O) groups excluding carboxylic acids is 1. The van der Waals surface area contributed by atoms with E-state index < -0.39 is 11.6 Å². The molecule has 0 N–H and O–H groups in total. The lowest BCUT2D eigenvalue weighted by Crippen LogP contribution is -2.19. The predicted octanol–water partition coefficient (Wildman–Crippen LogP) is 2.18. The van der Waals surface area contributed by atoms with Gasteiger partial charge >= 0.3 is 11.6 Å². The zero-order chi connectivity index (χ0) is 19.0. The number of hydrogen-bond donors (Lipinski definition) is 0. The molecule has 136 valence electrons. The first-order valence-corrected chi connectivity index (χ1v) is 8.95. The fraction of sp³-hybridized carbons (Fsp3) is 0.167. The molecular formula is C18H13N3O5S. The third-order valence-corrected chi connectivity index (χ3v) is 4.91. The van der Waals surface area contributed by atoms with E-state index in [1.165, 1.54) is 28.0 Å². The van der Waals surface area contributed by atoms with E-state index in [4.69, 9.17) is 9.15 Å². The summed E-state index contributed by atoms with van der Waals surface area (Å²) in [5, 5.41) is 5.54. The van der Waals surface area contributed by atoms with Crippen molar-refractivity contribution in [1.29, 1.82) is 0 Å². The Balaban J connectivity index is 1.59. The first kappa shape index (κ1) is 17.1. The van der Waals surface area contributed by atoms with Gasteiger partial charge in [0.2, 0.25) is 4.96 Å². The molecule has 4 aromatic rings. The Morgan fingerprint density at radius 2 is 2.07 bits per heavy atom. The summed E-state index contributed by atoms with van der Waals surface area (Å²) in [6.45, 7) is 1.69. The SMILES string of the molecule is CCc1nn2c(=O)cc(COC(=O)c3cc4ccccc4oc3=O)nc2s1. The van der Waals surface area contributed by atoms with Crippen molar-refractivity contribution in [2.24, 2.45) is 0 Å². The molecule has 1 aromatic carbocycles. The Bertz CT molecular complexity index is 1290. The van der Waals surface area contributed by atoms with Gasteiger partial charge in [-0.05, 0) is 18.6 Å². The summed E-state index contributed by atoms with van der Waals surface area (Å²) < 4.78 is 11.5. The van der Waals surface area contributed by atoms with Gasteiger partial charge < -0.3 is 9.15 Å². The monoisotopic (exact) mass is 383 g/mol. The fourth-order valence-corrected chi connectivity index (χ4v) is 3.39. The Morgan fingerprint density at radius 3 is 2.89 bits per heavy atom. The number of esters is 1. The topological polar surface area (TPSA) is 104 Å². The minimum Gasteiger partial charge on any atom is -0.455 e. The zero-order valence-electron chi connectivity index (χ0n) is 14.2. The largest absolute Gasteiger partial charge is 0.455 e. The van der Waals surface area contributed by atoms with Crippen LogP contribution in [0.5, 0.6) is 0 Å². The Morgan fingerprint density at radius 1 is 1.26 bits per heavy atom. The van der Waals surface area contributed by atoms with Crippen LogP contribution in [0.1, 0.15) is 28.0 Å². The molecule has 0 radical (unpaired) electrons. The first-order chi connectivity index (χ1) is 13.0. The molecule has 3 heterocycles. The molecule has 0 saturated carbocycles. The summed E-state index contributed by atoms with van der Waals surface area (Å²) in [7, 11) is 0. The van der Waals surface area contributed by atoms with Gasteiger partial charge in [-0.15, -0.1) is 0 Å². The fourth-order valence-electron chi connectivity index (χ4n) is 2.53. The first-order valence-electron chi connectivity index (χ1n) is 8.14. The van der Waals surface area contributed by atoms with E-state index in [0.29, 0.717) is 22.4 Å². The summed E-state index contributed by atoms with van der Waals surface area (Å²) in [5.74, 6) is -0.838. The molecule has 0 atom stereocenters. The van der Waals surface area contributed by atoms with Gasteiger partial charge in [0.05, 0.1) is 5.69 Å². The number of carbonyl (C=O) groups is 1. The van der Waals surface area contributed by atoms with E-state index in [2.05, 4.69) is 10.1 Å². The van der Waals surface area contributed by atoms with Crippen LogP contribution in [0.3, 0.4) is 0 Å². The normalized spacial score (nSPS) is 11.1. The van der Waals surface area contributed by atoms with Crippen LogP contribution in [-0.4, -0.2) is 20.6 Å². The van der Waals surface area contributed by atoms with E-state index in [1.54, 1.807) is 24.3 Å². The van der Waals surface area contributed by atoms with Crippen molar-refractivity contribution in [3.63, 3.8) is 0 Å². The van der Waals surface area contributed by atoms with Gasteiger partial charge in [0.1, 0.15) is 22.8 Å². The van der Waals surface area contributed by atoms with Crippen LogP contribution in [0.15, 0.2) is 50.4 Å². The lowest BCUT2D eigenvalue weighted by Gasteiger charge is -2.04. The third kappa shape index (κ3) is 3.24. The van der Waals surface area contributed by atoms with Gasteiger partial charge in [-0.3, -0.25) is 4.79 Å². The predicted molar refractivity (Wildman–Crippen MR) is 98.1 cm³/mol. The Labute approximate surface area is 155 Å². The molecule has 0 saturated heterocycles. The van der Waals surface area contributed by atoms with Crippen molar-refractivity contribution < 1.29 is 13.9 Å². The molecule has 0 aliphatic rings. The molecule has 8 nitrogen and oxygen atoms in total. The molecule has 0 aliphatic heterocycles. The average Bonchev–Trinajstić information content (AvgIpc) is 3.09. The Kier molecular flexibility index (Phi) is 4.28. The number of aromatic nitrogens is 3. The van der Waals surface area contributed by atoms with E-state index in [9.17, 15) is 14.4 Å². The van der Waals surface area contributed by atoms with Crippen molar-refractivity contribution >= 4 is 33.2 Å². The molecule has 27 heavy (non-hydrogen) atoms. The number of aryl methyl sites for hydroxylation is 1. The van der Waals surface area contributed by atoms with Crippen LogP contribution in [0.25, 0.3) is 15.9 Å². The van der Waals surface area contributed by atoms with Gasteiger partial charge in [-0.25, -0.2) is 14.6 Å². The molecule has 3 aromatic heterocycles. The van der Waals surface area contributed by atoms with Gasteiger partial charge in [0.15, 0.2) is 0 Å². The summed E-state index contributed by atoms with van der Waals surface area (Å²) in [5.41, 5.74) is -0.678. The second kappa shape index (κ2) is 6.76. The average molecular weight is 383 g/mol. The summed E-state index contributed by atoms with van der Waals surface area (Å²) >= 11 is 1.30. The summed E-state index contributed by atoms with van der Waals surface area (Å²) in [4.78, 5) is 41.1. The van der Waals surface area contributed by atoms with Crippen molar-refractivity contribution in [2.45, 2.75) is 20.0 Å². The maximum absolute atomic E-state index is 12.3. The highest BCUT2D eigenvalue weighted by atomic mass is 32.1. The lowest BCUT2D eigenvalue weighted by molar-refractivity contribution is 0.0463. The van der Waals surface area contributed by atoms with Crippen LogP contribution in [0, 0.1) is 0 Å². The van der Waals surface area contributed by atoms with Crippen molar-refractivity contribution in [3.05, 3.63) is 73.4 Å². The molecule has 0 amide bonds. The number of fused-ring (bicyclic) bond motifs is 2. The van der Waals surface area contributed by atoms with Crippen molar-refractivity contribution in [1.82, 2.24) is 14.6 Å². The number of nitrogens with zero attached hydrogens (tertiary/aromatic N) is 3. The minimum atomic E-state index is -0.838. The van der Waals surface area contributed by atoms with Crippen LogP contribution < -0.4 is 11.2 Å². The lowest BCUT2D eigenvalue weighted by atomic mass is 10.2. The van der Waals surface area contributed by atoms with E-state index in [0.717, 1.165) is 5.01 Å². The van der Waals surface area contributed by atoms with Gasteiger partial charge in [0, 0.05) is 11.5 Å². The van der Waals surface area contributed by atoms with Crippen LogP contribution in [-0.2, 0) is 17.8 Å². The standard InChI is InChI=1S/C18H13N3O5S/c1-2-14-20-21-15(22)8-11(19-18(21)27-14)9-25-16(23)12-7-10-5-3-4-6-13(10)26-17(12)24/h3-8H,2,9H2,1H3. The maximum atomic E-state index is 12.3. The van der Waals surface area contributed by atoms with Gasteiger partial charge in [0.25, 0.3) is 5.56 Å². The number of benzene rings is 1.